The molecular formula is C35H41N3. The van der Waals surface area contributed by atoms with Crippen LogP contribution in [0.2, 0.25) is 0 Å². The van der Waals surface area contributed by atoms with Crippen molar-refractivity contribution in [3.8, 4) is 0 Å². The zero-order valence-corrected chi connectivity index (χ0v) is 23.7. The standard InChI is InChI=1S/C35H41N3/c1-34(2,3)26-11-16-28(17-12-26)38(29-18-13-27(14-19-29)35(4,5)6)30-15-9-23-7-8-24-10-20-32(36)33(37)31(24)22-25(23)21-30/h9-21H,7-8,22,36-37H2,1-6H3. The lowest BCUT2D eigenvalue weighted by Crippen LogP contribution is -2.14. The Balaban J connectivity index is 1.61. The molecule has 0 saturated carbocycles. The molecule has 1 aliphatic carbocycles. The average Bonchev–Trinajstić information content (AvgIpc) is 3.06. The summed E-state index contributed by atoms with van der Waals surface area (Å²) in [6.45, 7) is 13.5. The third kappa shape index (κ3) is 5.03. The van der Waals surface area contributed by atoms with Gasteiger partial charge in [-0.15, -0.1) is 0 Å². The molecule has 0 unspecified atom stereocenters. The van der Waals surface area contributed by atoms with E-state index in [9.17, 15) is 0 Å². The highest BCUT2D eigenvalue weighted by molar-refractivity contribution is 5.78. The smallest absolute Gasteiger partial charge is 0.0586 e. The number of nitrogens with zero attached hydrogens (tertiary/aromatic N) is 1. The van der Waals surface area contributed by atoms with Gasteiger partial charge in [-0.05, 0) is 99.5 Å². The Kier molecular flexibility index (Phi) is 6.51. The van der Waals surface area contributed by atoms with E-state index in [2.05, 4.69) is 119 Å². The predicted molar refractivity (Wildman–Crippen MR) is 164 cm³/mol. The largest absolute Gasteiger partial charge is 0.397 e. The van der Waals surface area contributed by atoms with E-state index in [4.69, 9.17) is 11.5 Å². The third-order valence-electron chi connectivity index (χ3n) is 7.95. The van der Waals surface area contributed by atoms with E-state index < -0.39 is 0 Å². The summed E-state index contributed by atoms with van der Waals surface area (Å²) in [7, 11) is 0. The normalized spacial score (nSPS) is 13.4. The molecule has 0 aliphatic heterocycles. The van der Waals surface area contributed by atoms with Crippen LogP contribution in [0.1, 0.15) is 74.9 Å². The maximum Gasteiger partial charge on any atom is 0.0586 e. The van der Waals surface area contributed by atoms with E-state index in [0.29, 0.717) is 5.69 Å². The Morgan fingerprint density at radius 3 is 1.55 bits per heavy atom. The quantitative estimate of drug-likeness (QED) is 0.275. The molecule has 0 spiro atoms. The third-order valence-corrected chi connectivity index (χ3v) is 7.95. The number of fused-ring (bicyclic) bond motifs is 2. The molecule has 0 atom stereocenters. The number of nitrogen functional groups attached to an aromatic ring is 2. The number of hydrogen-bond donors (Lipinski definition) is 2. The second kappa shape index (κ2) is 9.54. The van der Waals surface area contributed by atoms with Gasteiger partial charge in [-0.1, -0.05) is 77.9 Å². The van der Waals surface area contributed by atoms with Gasteiger partial charge < -0.3 is 16.4 Å². The molecule has 0 bridgehead atoms. The molecule has 1 aliphatic rings. The minimum absolute atomic E-state index is 0.108. The van der Waals surface area contributed by atoms with Crippen LogP contribution in [0.15, 0.2) is 78.9 Å². The van der Waals surface area contributed by atoms with Crippen LogP contribution in [0.5, 0.6) is 0 Å². The lowest BCUT2D eigenvalue weighted by molar-refractivity contribution is 0.590. The SMILES string of the molecule is CC(C)(C)c1ccc(N(c2ccc(C(C)(C)C)cc2)c2ccc3c(c2)Cc2c(ccc(N)c2N)CC3)cc1. The molecule has 4 N–H and O–H groups in total. The van der Waals surface area contributed by atoms with Gasteiger partial charge in [-0.3, -0.25) is 0 Å². The molecule has 38 heavy (non-hydrogen) atoms. The molecule has 196 valence electrons. The first-order valence-corrected chi connectivity index (χ1v) is 13.7. The van der Waals surface area contributed by atoms with Gasteiger partial charge in [-0.2, -0.15) is 0 Å². The second-order valence-corrected chi connectivity index (χ2v) is 12.8. The monoisotopic (exact) mass is 503 g/mol. The number of aryl methyl sites for hydroxylation is 2. The van der Waals surface area contributed by atoms with Crippen molar-refractivity contribution >= 4 is 28.4 Å². The van der Waals surface area contributed by atoms with Crippen molar-refractivity contribution in [1.82, 2.24) is 0 Å². The summed E-state index contributed by atoms with van der Waals surface area (Å²) in [4.78, 5) is 2.37. The molecule has 0 heterocycles. The highest BCUT2D eigenvalue weighted by Gasteiger charge is 2.21. The van der Waals surface area contributed by atoms with Gasteiger partial charge in [0.25, 0.3) is 0 Å². The minimum atomic E-state index is 0.108. The molecule has 0 amide bonds. The number of rotatable bonds is 3. The lowest BCUT2D eigenvalue weighted by atomic mass is 9.86. The van der Waals surface area contributed by atoms with Crippen LogP contribution >= 0.6 is 0 Å². The van der Waals surface area contributed by atoms with E-state index in [1.54, 1.807) is 0 Å². The first kappa shape index (κ1) is 25.9. The maximum absolute atomic E-state index is 6.47. The van der Waals surface area contributed by atoms with Gasteiger partial charge >= 0.3 is 0 Å². The van der Waals surface area contributed by atoms with Gasteiger partial charge in [-0.25, -0.2) is 0 Å². The Morgan fingerprint density at radius 2 is 1.03 bits per heavy atom. The van der Waals surface area contributed by atoms with Crippen LogP contribution < -0.4 is 16.4 Å². The molecule has 0 saturated heterocycles. The molecule has 5 rings (SSSR count). The van der Waals surface area contributed by atoms with Crippen molar-refractivity contribution in [3.05, 3.63) is 112 Å². The van der Waals surface area contributed by atoms with Gasteiger partial charge in [0.15, 0.2) is 0 Å². The molecule has 0 aromatic heterocycles. The van der Waals surface area contributed by atoms with Gasteiger partial charge in [0.1, 0.15) is 0 Å². The lowest BCUT2D eigenvalue weighted by Gasteiger charge is -2.28. The Labute approximate surface area is 228 Å². The van der Waals surface area contributed by atoms with E-state index in [1.807, 2.05) is 6.07 Å². The Hall–Kier alpha value is -3.72. The van der Waals surface area contributed by atoms with Crippen LogP contribution in [-0.2, 0) is 30.1 Å². The van der Waals surface area contributed by atoms with E-state index in [0.717, 1.165) is 42.0 Å². The fourth-order valence-corrected chi connectivity index (χ4v) is 5.46. The van der Waals surface area contributed by atoms with E-state index in [-0.39, 0.29) is 10.8 Å². The van der Waals surface area contributed by atoms with Crippen molar-refractivity contribution in [2.45, 2.75) is 71.6 Å². The summed E-state index contributed by atoms with van der Waals surface area (Å²) in [5.41, 5.74) is 25.6. The van der Waals surface area contributed by atoms with Crippen LogP contribution in [0.3, 0.4) is 0 Å². The van der Waals surface area contributed by atoms with Gasteiger partial charge in [0.05, 0.1) is 11.4 Å². The van der Waals surface area contributed by atoms with Crippen molar-refractivity contribution in [2.75, 3.05) is 16.4 Å². The van der Waals surface area contributed by atoms with Crippen LogP contribution in [0.25, 0.3) is 0 Å². The minimum Gasteiger partial charge on any atom is -0.397 e. The summed E-state index contributed by atoms with van der Waals surface area (Å²) in [6.07, 6.45) is 2.79. The topological polar surface area (TPSA) is 55.3 Å². The maximum atomic E-state index is 6.47. The second-order valence-electron chi connectivity index (χ2n) is 12.8. The number of anilines is 5. The zero-order valence-electron chi connectivity index (χ0n) is 23.7. The van der Waals surface area contributed by atoms with Crippen LogP contribution in [0.4, 0.5) is 28.4 Å². The number of hydrogen-bond acceptors (Lipinski definition) is 3. The van der Waals surface area contributed by atoms with E-state index >= 15 is 0 Å². The van der Waals surface area contributed by atoms with Crippen molar-refractivity contribution in [1.29, 1.82) is 0 Å². The van der Waals surface area contributed by atoms with Crippen molar-refractivity contribution in [2.24, 2.45) is 0 Å². The first-order chi connectivity index (χ1) is 17.9. The molecule has 0 fully saturated rings. The van der Waals surface area contributed by atoms with Crippen LogP contribution in [0, 0.1) is 0 Å². The predicted octanol–water partition coefficient (Wildman–Crippen LogP) is 8.61. The number of nitrogens with two attached hydrogens (primary N) is 2. The highest BCUT2D eigenvalue weighted by Crippen LogP contribution is 2.39. The Morgan fingerprint density at radius 1 is 0.553 bits per heavy atom. The average molecular weight is 504 g/mol. The fraction of sp³-hybridized carbons (Fsp3) is 0.314. The van der Waals surface area contributed by atoms with Gasteiger partial charge in [0.2, 0.25) is 0 Å². The summed E-state index contributed by atoms with van der Waals surface area (Å²) in [6, 6.07) is 29.0. The number of benzene rings is 4. The molecule has 4 aromatic rings. The summed E-state index contributed by atoms with van der Waals surface area (Å²) < 4.78 is 0. The molecule has 4 aromatic carbocycles. The van der Waals surface area contributed by atoms with Crippen molar-refractivity contribution in [3.63, 3.8) is 0 Å². The van der Waals surface area contributed by atoms with Crippen LogP contribution in [-0.4, -0.2) is 0 Å². The highest BCUT2D eigenvalue weighted by atomic mass is 15.1. The van der Waals surface area contributed by atoms with Crippen molar-refractivity contribution < 1.29 is 0 Å². The molecule has 3 nitrogen and oxygen atoms in total. The fourth-order valence-electron chi connectivity index (χ4n) is 5.46. The molecular weight excluding hydrogens is 462 g/mol. The summed E-state index contributed by atoms with van der Waals surface area (Å²) >= 11 is 0. The first-order valence-electron chi connectivity index (χ1n) is 13.7. The zero-order chi connectivity index (χ0) is 27.2. The van der Waals surface area contributed by atoms with Gasteiger partial charge in [0, 0.05) is 23.5 Å². The summed E-state index contributed by atoms with van der Waals surface area (Å²) in [5.74, 6) is 0. The molecule has 3 heteroatoms. The summed E-state index contributed by atoms with van der Waals surface area (Å²) in [5, 5.41) is 0. The molecule has 0 radical (unpaired) electrons. The van der Waals surface area contributed by atoms with E-state index in [1.165, 1.54) is 33.4 Å². The Bertz CT molecular complexity index is 1390.